The molecule has 4 heteroatoms. The summed E-state index contributed by atoms with van der Waals surface area (Å²) < 4.78 is 11.1. The molecular formula is C15H18N2O2. The Hall–Kier alpha value is -2.07. The summed E-state index contributed by atoms with van der Waals surface area (Å²) in [4.78, 5) is 4.07. The summed E-state index contributed by atoms with van der Waals surface area (Å²) in [6, 6.07) is 9.96. The fourth-order valence-electron chi connectivity index (χ4n) is 1.87. The predicted molar refractivity (Wildman–Crippen MR) is 74.8 cm³/mol. The molecule has 2 rings (SSSR count). The Morgan fingerprint density at radius 2 is 1.95 bits per heavy atom. The SMILES string of the molecule is COC(C)c1c(N)cncc1OCc1ccccc1. The van der Waals surface area contributed by atoms with E-state index in [0.717, 1.165) is 11.1 Å². The van der Waals surface area contributed by atoms with Gasteiger partial charge in [-0.2, -0.15) is 0 Å². The number of hydrogen-bond donors (Lipinski definition) is 1. The van der Waals surface area contributed by atoms with Gasteiger partial charge in [-0.05, 0) is 12.5 Å². The van der Waals surface area contributed by atoms with Crippen LogP contribution in [0.25, 0.3) is 0 Å². The fraction of sp³-hybridized carbons (Fsp3) is 0.267. The fourth-order valence-corrected chi connectivity index (χ4v) is 1.87. The summed E-state index contributed by atoms with van der Waals surface area (Å²) in [7, 11) is 1.64. The van der Waals surface area contributed by atoms with Crippen LogP contribution in [0.1, 0.15) is 24.2 Å². The Bertz CT molecular complexity index is 529. The standard InChI is InChI=1S/C15H18N2O2/c1-11(18-2)15-13(16)8-17-9-14(15)19-10-12-6-4-3-5-7-12/h3-9,11H,10,16H2,1-2H3. The molecule has 100 valence electrons. The number of nitrogens with zero attached hydrogens (tertiary/aromatic N) is 1. The average Bonchev–Trinajstić information content (AvgIpc) is 2.45. The molecule has 1 atom stereocenters. The van der Waals surface area contributed by atoms with Crippen LogP contribution in [0.5, 0.6) is 5.75 Å². The van der Waals surface area contributed by atoms with E-state index in [1.807, 2.05) is 37.3 Å². The van der Waals surface area contributed by atoms with Crippen molar-refractivity contribution in [2.24, 2.45) is 0 Å². The third-order valence-corrected chi connectivity index (χ3v) is 2.98. The lowest BCUT2D eigenvalue weighted by Crippen LogP contribution is -2.06. The number of anilines is 1. The van der Waals surface area contributed by atoms with Crippen LogP contribution >= 0.6 is 0 Å². The van der Waals surface area contributed by atoms with Crippen molar-refractivity contribution < 1.29 is 9.47 Å². The largest absolute Gasteiger partial charge is 0.487 e. The first kappa shape index (κ1) is 13.4. The van der Waals surface area contributed by atoms with Gasteiger partial charge < -0.3 is 15.2 Å². The molecular weight excluding hydrogens is 240 g/mol. The Balaban J connectivity index is 2.18. The van der Waals surface area contributed by atoms with Gasteiger partial charge in [-0.15, -0.1) is 0 Å². The molecule has 2 N–H and O–H groups in total. The monoisotopic (exact) mass is 258 g/mol. The maximum Gasteiger partial charge on any atom is 0.145 e. The summed E-state index contributed by atoms with van der Waals surface area (Å²) in [5, 5.41) is 0. The van der Waals surface area contributed by atoms with Crippen molar-refractivity contribution in [2.75, 3.05) is 12.8 Å². The number of hydrogen-bond acceptors (Lipinski definition) is 4. The van der Waals surface area contributed by atoms with Crippen molar-refractivity contribution in [1.29, 1.82) is 0 Å². The molecule has 1 aromatic heterocycles. The van der Waals surface area contributed by atoms with Crippen LogP contribution in [0, 0.1) is 0 Å². The maximum absolute atomic E-state index is 5.94. The van der Waals surface area contributed by atoms with Gasteiger partial charge in [0.25, 0.3) is 0 Å². The van der Waals surface area contributed by atoms with E-state index in [1.165, 1.54) is 0 Å². The van der Waals surface area contributed by atoms with Gasteiger partial charge in [0, 0.05) is 12.7 Å². The van der Waals surface area contributed by atoms with Gasteiger partial charge in [0.1, 0.15) is 12.4 Å². The van der Waals surface area contributed by atoms with Gasteiger partial charge >= 0.3 is 0 Å². The molecule has 1 aromatic carbocycles. The van der Waals surface area contributed by atoms with E-state index in [2.05, 4.69) is 4.98 Å². The van der Waals surface area contributed by atoms with Crippen LogP contribution in [-0.4, -0.2) is 12.1 Å². The Morgan fingerprint density at radius 1 is 1.21 bits per heavy atom. The minimum Gasteiger partial charge on any atom is -0.487 e. The number of nitrogens with two attached hydrogens (primary N) is 1. The van der Waals surface area contributed by atoms with Crippen molar-refractivity contribution in [3.63, 3.8) is 0 Å². The summed E-state index contributed by atoms with van der Waals surface area (Å²) in [6.07, 6.45) is 3.15. The molecule has 1 unspecified atom stereocenters. The van der Waals surface area contributed by atoms with Crippen LogP contribution in [0.2, 0.25) is 0 Å². The molecule has 0 aliphatic heterocycles. The number of benzene rings is 1. The van der Waals surface area contributed by atoms with E-state index in [9.17, 15) is 0 Å². The van der Waals surface area contributed by atoms with Gasteiger partial charge in [-0.25, -0.2) is 0 Å². The van der Waals surface area contributed by atoms with Crippen molar-refractivity contribution in [3.05, 3.63) is 53.9 Å². The lowest BCUT2D eigenvalue weighted by molar-refractivity contribution is 0.116. The Morgan fingerprint density at radius 3 is 2.63 bits per heavy atom. The summed E-state index contributed by atoms with van der Waals surface area (Å²) >= 11 is 0. The molecule has 0 aliphatic carbocycles. The third-order valence-electron chi connectivity index (χ3n) is 2.98. The van der Waals surface area contributed by atoms with Crippen LogP contribution in [0.15, 0.2) is 42.7 Å². The maximum atomic E-state index is 5.94. The highest BCUT2D eigenvalue weighted by Crippen LogP contribution is 2.31. The first-order valence-corrected chi connectivity index (χ1v) is 6.15. The number of pyridine rings is 1. The summed E-state index contributed by atoms with van der Waals surface area (Å²) in [5.41, 5.74) is 8.47. The first-order chi connectivity index (χ1) is 9.22. The average molecular weight is 258 g/mol. The Kier molecular flexibility index (Phi) is 4.36. The zero-order chi connectivity index (χ0) is 13.7. The molecule has 4 nitrogen and oxygen atoms in total. The molecule has 0 amide bonds. The van der Waals surface area contributed by atoms with Crippen molar-refractivity contribution in [1.82, 2.24) is 4.98 Å². The highest BCUT2D eigenvalue weighted by Gasteiger charge is 2.15. The van der Waals surface area contributed by atoms with Gasteiger partial charge in [0.15, 0.2) is 0 Å². The normalized spacial score (nSPS) is 12.1. The second-order valence-corrected chi connectivity index (χ2v) is 4.29. The number of methoxy groups -OCH3 is 1. The quantitative estimate of drug-likeness (QED) is 0.895. The zero-order valence-electron chi connectivity index (χ0n) is 11.2. The van der Waals surface area contributed by atoms with Crippen molar-refractivity contribution in [3.8, 4) is 5.75 Å². The molecule has 0 radical (unpaired) electrons. The highest BCUT2D eigenvalue weighted by molar-refractivity contribution is 5.53. The van der Waals surface area contributed by atoms with E-state index in [0.29, 0.717) is 18.0 Å². The van der Waals surface area contributed by atoms with E-state index in [-0.39, 0.29) is 6.10 Å². The zero-order valence-corrected chi connectivity index (χ0v) is 11.2. The summed E-state index contributed by atoms with van der Waals surface area (Å²) in [5.74, 6) is 0.665. The number of nitrogen functional groups attached to an aromatic ring is 1. The van der Waals surface area contributed by atoms with Crippen LogP contribution < -0.4 is 10.5 Å². The van der Waals surface area contributed by atoms with Crippen molar-refractivity contribution >= 4 is 5.69 Å². The van der Waals surface area contributed by atoms with Gasteiger partial charge in [0.05, 0.1) is 24.2 Å². The lowest BCUT2D eigenvalue weighted by atomic mass is 10.1. The van der Waals surface area contributed by atoms with Gasteiger partial charge in [-0.1, -0.05) is 30.3 Å². The molecule has 2 aromatic rings. The topological polar surface area (TPSA) is 57.4 Å². The van der Waals surface area contributed by atoms with E-state index in [1.54, 1.807) is 19.5 Å². The van der Waals surface area contributed by atoms with Crippen molar-refractivity contribution in [2.45, 2.75) is 19.6 Å². The van der Waals surface area contributed by atoms with Crippen LogP contribution in [-0.2, 0) is 11.3 Å². The predicted octanol–water partition coefficient (Wildman–Crippen LogP) is 2.95. The van der Waals surface area contributed by atoms with Crippen LogP contribution in [0.3, 0.4) is 0 Å². The minimum absolute atomic E-state index is 0.131. The van der Waals surface area contributed by atoms with E-state index in [4.69, 9.17) is 15.2 Å². The second kappa shape index (κ2) is 6.20. The van der Waals surface area contributed by atoms with Gasteiger partial charge in [0.2, 0.25) is 0 Å². The molecule has 0 saturated carbocycles. The molecule has 19 heavy (non-hydrogen) atoms. The third kappa shape index (κ3) is 3.23. The lowest BCUT2D eigenvalue weighted by Gasteiger charge is -2.17. The molecule has 1 heterocycles. The molecule has 0 bridgehead atoms. The smallest absolute Gasteiger partial charge is 0.145 e. The molecule has 0 aliphatic rings. The molecule has 0 spiro atoms. The van der Waals surface area contributed by atoms with E-state index >= 15 is 0 Å². The summed E-state index contributed by atoms with van der Waals surface area (Å²) in [6.45, 7) is 2.41. The molecule has 0 saturated heterocycles. The van der Waals surface area contributed by atoms with E-state index < -0.39 is 0 Å². The van der Waals surface area contributed by atoms with Gasteiger partial charge in [-0.3, -0.25) is 4.98 Å². The second-order valence-electron chi connectivity index (χ2n) is 4.29. The Labute approximate surface area is 113 Å². The number of rotatable bonds is 5. The van der Waals surface area contributed by atoms with Crippen LogP contribution in [0.4, 0.5) is 5.69 Å². The first-order valence-electron chi connectivity index (χ1n) is 6.15. The minimum atomic E-state index is -0.131. The number of ether oxygens (including phenoxy) is 2. The number of aromatic nitrogens is 1. The highest BCUT2D eigenvalue weighted by atomic mass is 16.5. The molecule has 0 fully saturated rings.